The van der Waals surface area contributed by atoms with Crippen molar-refractivity contribution >= 4 is 23.2 Å². The summed E-state index contributed by atoms with van der Waals surface area (Å²) in [6, 6.07) is 2.94. The number of hydrazine groups is 1. The number of hydrogen-bond acceptors (Lipinski definition) is 9. The lowest BCUT2D eigenvalue weighted by Crippen LogP contribution is -2.30. The van der Waals surface area contributed by atoms with Gasteiger partial charge in [-0.2, -0.15) is 0 Å². The minimum atomic E-state index is -0.638. The largest absolute Gasteiger partial charge is 0.383 e. The molecular formula is C14H17N7O4. The number of aromatic nitrogens is 3. The van der Waals surface area contributed by atoms with Crippen LogP contribution < -0.4 is 16.2 Å². The van der Waals surface area contributed by atoms with Gasteiger partial charge in [0, 0.05) is 25.5 Å². The van der Waals surface area contributed by atoms with Crippen LogP contribution >= 0.6 is 0 Å². The predicted octanol–water partition coefficient (Wildman–Crippen LogP) is 0.984. The van der Waals surface area contributed by atoms with Crippen molar-refractivity contribution in [2.24, 2.45) is 0 Å². The number of carbonyl (C=O) groups is 1. The molecular weight excluding hydrogens is 330 g/mol. The molecule has 0 fully saturated rings. The minimum absolute atomic E-state index is 0.0164. The molecule has 11 heteroatoms. The van der Waals surface area contributed by atoms with E-state index in [1.165, 1.54) is 19.5 Å². The van der Waals surface area contributed by atoms with Crippen LogP contribution in [-0.4, -0.2) is 45.5 Å². The van der Waals surface area contributed by atoms with E-state index >= 15 is 0 Å². The van der Waals surface area contributed by atoms with Crippen LogP contribution in [-0.2, 0) is 4.74 Å². The van der Waals surface area contributed by atoms with Gasteiger partial charge in [-0.05, 0) is 19.1 Å². The molecule has 3 N–H and O–H groups in total. The van der Waals surface area contributed by atoms with Crippen LogP contribution in [0.15, 0.2) is 30.9 Å². The number of carbonyl (C=O) groups excluding carboxylic acids is 1. The van der Waals surface area contributed by atoms with E-state index in [1.54, 1.807) is 19.1 Å². The van der Waals surface area contributed by atoms with E-state index < -0.39 is 16.5 Å². The fourth-order valence-corrected chi connectivity index (χ4v) is 1.96. The molecule has 0 saturated carbocycles. The molecule has 2 heterocycles. The van der Waals surface area contributed by atoms with Crippen LogP contribution in [0.25, 0.3) is 0 Å². The quantitative estimate of drug-likeness (QED) is 0.470. The highest BCUT2D eigenvalue weighted by molar-refractivity contribution is 5.94. The van der Waals surface area contributed by atoms with Gasteiger partial charge in [-0.1, -0.05) is 0 Å². The van der Waals surface area contributed by atoms with E-state index in [0.717, 1.165) is 6.33 Å². The second-order valence-electron chi connectivity index (χ2n) is 5.00. The van der Waals surface area contributed by atoms with Crippen LogP contribution in [0.1, 0.15) is 17.3 Å². The molecule has 0 spiro atoms. The lowest BCUT2D eigenvalue weighted by atomic mass is 10.3. The summed E-state index contributed by atoms with van der Waals surface area (Å²) in [6.45, 7) is 2.12. The van der Waals surface area contributed by atoms with Crippen LogP contribution in [0, 0.1) is 10.1 Å². The number of pyridine rings is 1. The summed E-state index contributed by atoms with van der Waals surface area (Å²) in [5.41, 5.74) is 4.69. The zero-order valence-electron chi connectivity index (χ0n) is 13.6. The topological polar surface area (TPSA) is 144 Å². The number of hydrogen-bond donors (Lipinski definition) is 3. The molecule has 0 radical (unpaired) electrons. The third-order valence-electron chi connectivity index (χ3n) is 3.02. The minimum Gasteiger partial charge on any atom is -0.383 e. The predicted molar refractivity (Wildman–Crippen MR) is 89.0 cm³/mol. The standard InChI is InChI=1S/C14H17N7O4/c1-9(7-25-2)18-12-11(21(23)24)13(17-8-16-12)19-20-14(22)10-4-3-5-15-6-10/h3-6,8-9H,7H2,1-2H3,(H,20,22)(H2,16,17,18,19). The van der Waals surface area contributed by atoms with Gasteiger partial charge < -0.3 is 10.1 Å². The van der Waals surface area contributed by atoms with E-state index in [2.05, 4.69) is 31.1 Å². The van der Waals surface area contributed by atoms with Crippen LogP contribution in [0.5, 0.6) is 0 Å². The van der Waals surface area contributed by atoms with Gasteiger partial charge in [-0.3, -0.25) is 30.7 Å². The maximum atomic E-state index is 12.0. The smallest absolute Gasteiger partial charge is 0.354 e. The van der Waals surface area contributed by atoms with Crippen LogP contribution in [0.2, 0.25) is 0 Å². The van der Waals surface area contributed by atoms with E-state index in [1.807, 2.05) is 0 Å². The van der Waals surface area contributed by atoms with Gasteiger partial charge in [0.2, 0.25) is 11.6 Å². The van der Waals surface area contributed by atoms with E-state index in [4.69, 9.17) is 4.74 Å². The Morgan fingerprint density at radius 1 is 1.40 bits per heavy atom. The Kier molecular flexibility index (Phi) is 6.12. The molecule has 0 aliphatic carbocycles. The number of nitro groups is 1. The summed E-state index contributed by atoms with van der Waals surface area (Å²) >= 11 is 0. The van der Waals surface area contributed by atoms with Crippen molar-refractivity contribution < 1.29 is 14.5 Å². The fourth-order valence-electron chi connectivity index (χ4n) is 1.96. The highest BCUT2D eigenvalue weighted by Gasteiger charge is 2.24. The van der Waals surface area contributed by atoms with E-state index in [9.17, 15) is 14.9 Å². The Morgan fingerprint density at radius 3 is 2.80 bits per heavy atom. The zero-order chi connectivity index (χ0) is 18.2. The molecule has 2 rings (SSSR count). The van der Waals surface area contributed by atoms with Gasteiger partial charge in [0.15, 0.2) is 0 Å². The van der Waals surface area contributed by atoms with Gasteiger partial charge in [-0.15, -0.1) is 0 Å². The zero-order valence-corrected chi connectivity index (χ0v) is 13.6. The van der Waals surface area contributed by atoms with Gasteiger partial charge in [0.1, 0.15) is 6.33 Å². The molecule has 2 aromatic heterocycles. The second kappa shape index (κ2) is 8.49. The summed E-state index contributed by atoms with van der Waals surface area (Å²) in [6.07, 6.45) is 4.04. The first-order chi connectivity index (χ1) is 12.0. The van der Waals surface area contributed by atoms with Crippen molar-refractivity contribution in [2.45, 2.75) is 13.0 Å². The first-order valence-electron chi connectivity index (χ1n) is 7.24. The summed E-state index contributed by atoms with van der Waals surface area (Å²) in [5, 5.41) is 14.3. The van der Waals surface area contributed by atoms with Gasteiger partial charge in [-0.25, -0.2) is 9.97 Å². The van der Waals surface area contributed by atoms with Crippen LogP contribution in [0.4, 0.5) is 17.3 Å². The summed E-state index contributed by atoms with van der Waals surface area (Å²) < 4.78 is 4.98. The van der Waals surface area contributed by atoms with Gasteiger partial charge >= 0.3 is 5.69 Å². The molecule has 0 bridgehead atoms. The molecule has 0 aliphatic heterocycles. The van der Waals surface area contributed by atoms with Crippen molar-refractivity contribution in [1.29, 1.82) is 0 Å². The molecule has 0 aliphatic rings. The summed E-state index contributed by atoms with van der Waals surface area (Å²) in [5.74, 6) is -0.643. The lowest BCUT2D eigenvalue weighted by molar-refractivity contribution is -0.383. The second-order valence-corrected chi connectivity index (χ2v) is 5.00. The van der Waals surface area contributed by atoms with Crippen molar-refractivity contribution in [1.82, 2.24) is 20.4 Å². The van der Waals surface area contributed by atoms with Crippen LogP contribution in [0.3, 0.4) is 0 Å². The Morgan fingerprint density at radius 2 is 2.16 bits per heavy atom. The molecule has 0 saturated heterocycles. The number of anilines is 2. The monoisotopic (exact) mass is 347 g/mol. The third kappa shape index (κ3) is 4.81. The van der Waals surface area contributed by atoms with E-state index in [-0.39, 0.29) is 17.7 Å². The SMILES string of the molecule is COCC(C)Nc1ncnc(NNC(=O)c2cccnc2)c1[N+](=O)[O-]. The molecule has 0 aromatic carbocycles. The number of rotatable bonds is 8. The number of methoxy groups -OCH3 is 1. The Balaban J connectivity index is 2.17. The maximum Gasteiger partial charge on any atom is 0.354 e. The van der Waals surface area contributed by atoms with Crippen molar-refractivity contribution in [3.63, 3.8) is 0 Å². The highest BCUT2D eigenvalue weighted by Crippen LogP contribution is 2.28. The van der Waals surface area contributed by atoms with Crippen molar-refractivity contribution in [3.05, 3.63) is 46.5 Å². The fraction of sp³-hybridized carbons (Fsp3) is 0.286. The Bertz CT molecular complexity index is 741. The molecule has 2 aromatic rings. The first kappa shape index (κ1) is 18.0. The summed E-state index contributed by atoms with van der Waals surface area (Å²) in [4.78, 5) is 34.3. The van der Waals surface area contributed by atoms with Gasteiger partial charge in [0.25, 0.3) is 5.91 Å². The average molecular weight is 347 g/mol. The number of nitrogens with one attached hydrogen (secondary N) is 3. The van der Waals surface area contributed by atoms with Crippen molar-refractivity contribution in [2.75, 3.05) is 24.5 Å². The average Bonchev–Trinajstić information content (AvgIpc) is 2.60. The molecule has 11 nitrogen and oxygen atoms in total. The third-order valence-corrected chi connectivity index (χ3v) is 3.02. The normalized spacial score (nSPS) is 11.4. The molecule has 1 atom stereocenters. The van der Waals surface area contributed by atoms with E-state index in [0.29, 0.717) is 12.2 Å². The van der Waals surface area contributed by atoms with Gasteiger partial charge in [0.05, 0.1) is 17.1 Å². The number of amides is 1. The Labute approximate surface area is 143 Å². The number of ether oxygens (including phenoxy) is 1. The maximum absolute atomic E-state index is 12.0. The highest BCUT2D eigenvalue weighted by atomic mass is 16.6. The molecule has 132 valence electrons. The Hall–Kier alpha value is -3.34. The summed E-state index contributed by atoms with van der Waals surface area (Å²) in [7, 11) is 1.52. The lowest BCUT2D eigenvalue weighted by Gasteiger charge is -2.14. The molecule has 1 amide bonds. The molecule has 25 heavy (non-hydrogen) atoms. The van der Waals surface area contributed by atoms with Crippen molar-refractivity contribution in [3.8, 4) is 0 Å². The molecule has 1 unspecified atom stereocenters. The number of nitrogens with zero attached hydrogens (tertiary/aromatic N) is 4. The first-order valence-corrected chi connectivity index (χ1v) is 7.24.